The largest absolute Gasteiger partial charge is 0.355 e. The fraction of sp³-hybridized carbons (Fsp3) is 0.818. The van der Waals surface area contributed by atoms with Gasteiger partial charge in [0.1, 0.15) is 5.78 Å². The first-order chi connectivity index (χ1) is 7.18. The van der Waals surface area contributed by atoms with Crippen LogP contribution in [0.3, 0.4) is 0 Å². The molecular formula is C11H19NO2S. The smallest absolute Gasteiger partial charge is 0.220 e. The zero-order valence-corrected chi connectivity index (χ0v) is 10.1. The highest BCUT2D eigenvalue weighted by molar-refractivity contribution is 7.99. The molecule has 1 rings (SSSR count). The first-order valence-electron chi connectivity index (χ1n) is 5.56. The van der Waals surface area contributed by atoms with E-state index in [4.69, 9.17) is 0 Å². The Labute approximate surface area is 95.4 Å². The Morgan fingerprint density at radius 3 is 2.73 bits per heavy atom. The van der Waals surface area contributed by atoms with E-state index in [2.05, 4.69) is 5.32 Å². The van der Waals surface area contributed by atoms with E-state index in [0.717, 1.165) is 6.54 Å². The van der Waals surface area contributed by atoms with Crippen molar-refractivity contribution in [3.63, 3.8) is 0 Å². The highest BCUT2D eigenvalue weighted by Gasteiger charge is 2.14. The van der Waals surface area contributed by atoms with E-state index in [1.165, 1.54) is 31.9 Å². The van der Waals surface area contributed by atoms with Gasteiger partial charge in [0, 0.05) is 24.6 Å². The van der Waals surface area contributed by atoms with Crippen molar-refractivity contribution in [2.75, 3.05) is 12.3 Å². The third kappa shape index (κ3) is 5.82. The molecule has 1 unspecified atom stereocenters. The van der Waals surface area contributed by atoms with Crippen LogP contribution in [0.5, 0.6) is 0 Å². The number of thioether (sulfide) groups is 1. The van der Waals surface area contributed by atoms with Gasteiger partial charge in [-0.3, -0.25) is 4.79 Å². The molecule has 0 aromatic heterocycles. The van der Waals surface area contributed by atoms with Crippen LogP contribution in [0.2, 0.25) is 0 Å². The summed E-state index contributed by atoms with van der Waals surface area (Å²) < 4.78 is 0. The molecule has 4 heteroatoms. The number of carbonyl (C=O) groups excluding carboxylic acids is 2. The fourth-order valence-corrected chi connectivity index (χ4v) is 2.81. The third-order valence-corrected chi connectivity index (χ3v) is 3.90. The lowest BCUT2D eigenvalue weighted by atomic mass is 10.2. The molecule has 1 heterocycles. The van der Waals surface area contributed by atoms with Gasteiger partial charge in [0.15, 0.2) is 0 Å². The summed E-state index contributed by atoms with van der Waals surface area (Å²) >= 11 is 1.95. The second-order valence-corrected chi connectivity index (χ2v) is 5.40. The van der Waals surface area contributed by atoms with Crippen molar-refractivity contribution >= 4 is 23.5 Å². The monoisotopic (exact) mass is 229 g/mol. The summed E-state index contributed by atoms with van der Waals surface area (Å²) in [6.45, 7) is 2.28. The molecule has 1 fully saturated rings. The van der Waals surface area contributed by atoms with Gasteiger partial charge in [0.05, 0.1) is 0 Å². The van der Waals surface area contributed by atoms with Gasteiger partial charge in [0.25, 0.3) is 0 Å². The summed E-state index contributed by atoms with van der Waals surface area (Å²) in [6, 6.07) is 0. The van der Waals surface area contributed by atoms with Gasteiger partial charge >= 0.3 is 0 Å². The SMILES string of the molecule is CC(=O)CCC(=O)NCC1CCCCS1. The van der Waals surface area contributed by atoms with E-state index < -0.39 is 0 Å². The molecule has 1 aliphatic heterocycles. The van der Waals surface area contributed by atoms with Crippen molar-refractivity contribution in [1.82, 2.24) is 5.32 Å². The number of Topliss-reactive ketones (excluding diaryl/α,β-unsaturated/α-hetero) is 1. The van der Waals surface area contributed by atoms with Crippen molar-refractivity contribution in [3.8, 4) is 0 Å². The maximum atomic E-state index is 11.3. The number of hydrogen-bond donors (Lipinski definition) is 1. The van der Waals surface area contributed by atoms with Crippen molar-refractivity contribution in [2.45, 2.75) is 44.3 Å². The zero-order chi connectivity index (χ0) is 11.1. The Kier molecular flexibility index (Phi) is 5.76. The maximum Gasteiger partial charge on any atom is 0.220 e. The Bertz CT molecular complexity index is 225. The van der Waals surface area contributed by atoms with Crippen molar-refractivity contribution in [3.05, 3.63) is 0 Å². The van der Waals surface area contributed by atoms with Crippen molar-refractivity contribution in [2.24, 2.45) is 0 Å². The molecule has 0 saturated carbocycles. The van der Waals surface area contributed by atoms with Gasteiger partial charge < -0.3 is 10.1 Å². The van der Waals surface area contributed by atoms with Crippen LogP contribution in [0.4, 0.5) is 0 Å². The molecule has 1 N–H and O–H groups in total. The molecule has 0 bridgehead atoms. The lowest BCUT2D eigenvalue weighted by molar-refractivity contribution is -0.124. The van der Waals surface area contributed by atoms with Gasteiger partial charge in [-0.1, -0.05) is 6.42 Å². The maximum absolute atomic E-state index is 11.3. The molecule has 86 valence electrons. The molecule has 0 aliphatic carbocycles. The van der Waals surface area contributed by atoms with Crippen LogP contribution >= 0.6 is 11.8 Å². The van der Waals surface area contributed by atoms with E-state index in [-0.39, 0.29) is 11.7 Å². The molecule has 1 saturated heterocycles. The zero-order valence-electron chi connectivity index (χ0n) is 9.25. The molecule has 3 nitrogen and oxygen atoms in total. The van der Waals surface area contributed by atoms with Gasteiger partial charge in [-0.2, -0.15) is 11.8 Å². The molecule has 15 heavy (non-hydrogen) atoms. The number of amides is 1. The van der Waals surface area contributed by atoms with Crippen LogP contribution in [0.25, 0.3) is 0 Å². The standard InChI is InChI=1S/C11H19NO2S/c1-9(13)5-6-11(14)12-8-10-4-2-3-7-15-10/h10H,2-8H2,1H3,(H,12,14). The minimum absolute atomic E-state index is 0.0105. The molecule has 0 aromatic carbocycles. The number of carbonyl (C=O) groups is 2. The summed E-state index contributed by atoms with van der Waals surface area (Å²) in [4.78, 5) is 22.0. The number of hydrogen-bond acceptors (Lipinski definition) is 3. The predicted molar refractivity (Wildman–Crippen MR) is 63.0 cm³/mol. The van der Waals surface area contributed by atoms with E-state index >= 15 is 0 Å². The van der Waals surface area contributed by atoms with E-state index in [1.807, 2.05) is 11.8 Å². The second-order valence-electron chi connectivity index (χ2n) is 3.99. The Morgan fingerprint density at radius 2 is 2.13 bits per heavy atom. The molecule has 0 radical (unpaired) electrons. The lowest BCUT2D eigenvalue weighted by Gasteiger charge is -2.21. The Balaban J connectivity index is 2.07. The number of nitrogens with one attached hydrogen (secondary N) is 1. The molecule has 1 atom stereocenters. The van der Waals surface area contributed by atoms with Crippen LogP contribution < -0.4 is 5.32 Å². The molecule has 0 spiro atoms. The van der Waals surface area contributed by atoms with Crippen molar-refractivity contribution in [1.29, 1.82) is 0 Å². The summed E-state index contributed by atoms with van der Waals surface area (Å²) in [5.74, 6) is 1.31. The highest BCUT2D eigenvalue weighted by atomic mass is 32.2. The Hall–Kier alpha value is -0.510. The highest BCUT2D eigenvalue weighted by Crippen LogP contribution is 2.24. The molecule has 1 amide bonds. The van der Waals surface area contributed by atoms with Crippen molar-refractivity contribution < 1.29 is 9.59 Å². The summed E-state index contributed by atoms with van der Waals surface area (Å²) in [6.07, 6.45) is 4.49. The lowest BCUT2D eigenvalue weighted by Crippen LogP contribution is -2.31. The normalized spacial score (nSPS) is 21.0. The van der Waals surface area contributed by atoms with E-state index in [0.29, 0.717) is 18.1 Å². The van der Waals surface area contributed by atoms with Crippen LogP contribution in [-0.2, 0) is 9.59 Å². The molecule has 1 aliphatic rings. The fourth-order valence-electron chi connectivity index (χ4n) is 1.57. The average Bonchev–Trinajstić information content (AvgIpc) is 2.25. The average molecular weight is 229 g/mol. The molecule has 0 aromatic rings. The van der Waals surface area contributed by atoms with Gasteiger partial charge in [0.2, 0.25) is 5.91 Å². The van der Waals surface area contributed by atoms with Crippen LogP contribution in [0, 0.1) is 0 Å². The third-order valence-electron chi connectivity index (χ3n) is 2.51. The quantitative estimate of drug-likeness (QED) is 0.781. The van der Waals surface area contributed by atoms with Gasteiger partial charge in [-0.05, 0) is 25.5 Å². The topological polar surface area (TPSA) is 46.2 Å². The second kappa shape index (κ2) is 6.88. The predicted octanol–water partition coefficient (Wildman–Crippen LogP) is 1.76. The van der Waals surface area contributed by atoms with E-state index in [9.17, 15) is 9.59 Å². The first kappa shape index (κ1) is 12.6. The summed E-state index contributed by atoms with van der Waals surface area (Å²) in [5, 5.41) is 3.48. The van der Waals surface area contributed by atoms with Crippen LogP contribution in [0.15, 0.2) is 0 Å². The Morgan fingerprint density at radius 1 is 1.33 bits per heavy atom. The van der Waals surface area contributed by atoms with Gasteiger partial charge in [-0.25, -0.2) is 0 Å². The summed E-state index contributed by atoms with van der Waals surface area (Å²) in [5.41, 5.74) is 0. The minimum Gasteiger partial charge on any atom is -0.355 e. The molecular weight excluding hydrogens is 210 g/mol. The minimum atomic E-state index is 0.0105. The van der Waals surface area contributed by atoms with Crippen LogP contribution in [0.1, 0.15) is 39.0 Å². The number of rotatable bonds is 5. The van der Waals surface area contributed by atoms with E-state index in [1.54, 1.807) is 0 Å². The van der Waals surface area contributed by atoms with Crippen LogP contribution in [-0.4, -0.2) is 29.2 Å². The number of ketones is 1. The first-order valence-corrected chi connectivity index (χ1v) is 6.61. The summed E-state index contributed by atoms with van der Waals surface area (Å²) in [7, 11) is 0. The van der Waals surface area contributed by atoms with Gasteiger partial charge in [-0.15, -0.1) is 0 Å².